The molecule has 0 aromatic rings. The lowest BCUT2D eigenvalue weighted by molar-refractivity contribution is -0.147. The van der Waals surface area contributed by atoms with Gasteiger partial charge in [-0.2, -0.15) is 0 Å². The maximum atomic E-state index is 12.1. The standard InChI is InChI=1S/C43H76NO8P/c1-3-5-7-9-11-13-15-17-18-19-20-21-22-24-26-28-30-32-34-36-43(47)50-39-41(45)40-52-53(48,49)51-38-37-44-42(46)35-33-31-29-27-25-23-16-14-12-10-8-6-4-2/h11,13-14,16-18,20-21,24,26,41,45H,3-10,12,15,19,22-23,25,27-40H2,1-2H3,(H,44,46)(H,48,49)/b13-11-,16-14-,18-17-,21-20-,26-24-. The Balaban J connectivity index is 3.70. The first-order valence-electron chi connectivity index (χ1n) is 20.8. The molecule has 306 valence electrons. The quantitative estimate of drug-likeness (QED) is 0.0245. The van der Waals surface area contributed by atoms with E-state index in [1.165, 1.54) is 64.2 Å². The average Bonchev–Trinajstić information content (AvgIpc) is 3.14. The van der Waals surface area contributed by atoms with E-state index in [1.54, 1.807) is 0 Å². The van der Waals surface area contributed by atoms with Gasteiger partial charge in [0.25, 0.3) is 0 Å². The Morgan fingerprint density at radius 1 is 0.585 bits per heavy atom. The van der Waals surface area contributed by atoms with Crippen molar-refractivity contribution >= 4 is 19.7 Å². The van der Waals surface area contributed by atoms with Crippen molar-refractivity contribution in [1.29, 1.82) is 0 Å². The van der Waals surface area contributed by atoms with Crippen molar-refractivity contribution in [2.24, 2.45) is 0 Å². The normalized spacial score (nSPS) is 14.0. The van der Waals surface area contributed by atoms with Gasteiger partial charge in [0.15, 0.2) is 0 Å². The first kappa shape index (κ1) is 50.7. The fourth-order valence-corrected chi connectivity index (χ4v) is 6.00. The number of esters is 1. The van der Waals surface area contributed by atoms with E-state index >= 15 is 0 Å². The smallest absolute Gasteiger partial charge is 0.463 e. The number of carbonyl (C=O) groups is 2. The van der Waals surface area contributed by atoms with Crippen molar-refractivity contribution < 1.29 is 37.9 Å². The predicted molar refractivity (Wildman–Crippen MR) is 220 cm³/mol. The van der Waals surface area contributed by atoms with Crippen LogP contribution in [-0.4, -0.2) is 54.3 Å². The Kier molecular flexibility index (Phi) is 37.7. The summed E-state index contributed by atoms with van der Waals surface area (Å²) >= 11 is 0. The van der Waals surface area contributed by atoms with E-state index in [-0.39, 0.29) is 32.1 Å². The van der Waals surface area contributed by atoms with Crippen molar-refractivity contribution in [3.63, 3.8) is 0 Å². The highest BCUT2D eigenvalue weighted by molar-refractivity contribution is 7.47. The van der Waals surface area contributed by atoms with E-state index in [2.05, 4.69) is 79.9 Å². The minimum Gasteiger partial charge on any atom is -0.463 e. The fourth-order valence-electron chi connectivity index (χ4n) is 5.24. The number of phosphoric ester groups is 1. The molecule has 0 rings (SSSR count). The molecule has 0 spiro atoms. The molecule has 0 aliphatic rings. The van der Waals surface area contributed by atoms with Gasteiger partial charge in [0.2, 0.25) is 5.91 Å². The highest BCUT2D eigenvalue weighted by atomic mass is 31.2. The van der Waals surface area contributed by atoms with Crippen LogP contribution in [0.15, 0.2) is 60.8 Å². The Morgan fingerprint density at radius 3 is 1.60 bits per heavy atom. The predicted octanol–water partition coefficient (Wildman–Crippen LogP) is 11.3. The van der Waals surface area contributed by atoms with E-state index in [1.807, 2.05) is 0 Å². The number of aliphatic hydroxyl groups is 1. The van der Waals surface area contributed by atoms with Crippen molar-refractivity contribution in [2.75, 3.05) is 26.4 Å². The highest BCUT2D eigenvalue weighted by Gasteiger charge is 2.23. The lowest BCUT2D eigenvalue weighted by Gasteiger charge is -2.15. The first-order valence-corrected chi connectivity index (χ1v) is 22.3. The summed E-state index contributed by atoms with van der Waals surface area (Å²) in [7, 11) is -4.43. The van der Waals surface area contributed by atoms with Gasteiger partial charge in [-0.05, 0) is 83.5 Å². The third-order valence-corrected chi connectivity index (χ3v) is 9.40. The van der Waals surface area contributed by atoms with Crippen LogP contribution in [0.25, 0.3) is 0 Å². The number of ether oxygens (including phenoxy) is 1. The number of hydrogen-bond acceptors (Lipinski definition) is 7. The zero-order valence-electron chi connectivity index (χ0n) is 33.4. The van der Waals surface area contributed by atoms with E-state index in [0.29, 0.717) is 12.8 Å². The topological polar surface area (TPSA) is 131 Å². The van der Waals surface area contributed by atoms with E-state index < -0.39 is 26.5 Å². The number of carbonyl (C=O) groups excluding carboxylic acids is 2. The van der Waals surface area contributed by atoms with Gasteiger partial charge in [0, 0.05) is 19.4 Å². The van der Waals surface area contributed by atoms with Gasteiger partial charge < -0.3 is 20.1 Å². The van der Waals surface area contributed by atoms with Crippen molar-refractivity contribution in [1.82, 2.24) is 5.32 Å². The third kappa shape index (κ3) is 40.7. The molecule has 0 saturated carbocycles. The average molecular weight is 766 g/mol. The Hall–Kier alpha value is -2.29. The van der Waals surface area contributed by atoms with Crippen LogP contribution in [0.4, 0.5) is 0 Å². The summed E-state index contributed by atoms with van der Waals surface area (Å²) in [5.41, 5.74) is 0. The third-order valence-electron chi connectivity index (χ3n) is 8.42. The zero-order chi connectivity index (χ0) is 38.9. The van der Waals surface area contributed by atoms with Gasteiger partial charge in [0.05, 0.1) is 13.2 Å². The van der Waals surface area contributed by atoms with E-state index in [9.17, 15) is 24.2 Å². The molecular weight excluding hydrogens is 689 g/mol. The van der Waals surface area contributed by atoms with Crippen LogP contribution in [0.1, 0.15) is 168 Å². The molecule has 0 bridgehead atoms. The SMILES string of the molecule is CCCCC/C=C\C/C=C\C/C=C\C/C=C\CCCCCC(=O)OCC(O)COP(=O)(O)OCCNC(=O)CCCCCCC/C=C\CCCCCC. The summed E-state index contributed by atoms with van der Waals surface area (Å²) < 4.78 is 26.8. The molecule has 0 aromatic heterocycles. The highest BCUT2D eigenvalue weighted by Crippen LogP contribution is 2.42. The van der Waals surface area contributed by atoms with Crippen molar-refractivity contribution in [3.8, 4) is 0 Å². The summed E-state index contributed by atoms with van der Waals surface area (Å²) in [4.78, 5) is 33.8. The van der Waals surface area contributed by atoms with Crippen LogP contribution in [0.5, 0.6) is 0 Å². The minimum atomic E-state index is -4.43. The minimum absolute atomic E-state index is 0.0707. The summed E-state index contributed by atoms with van der Waals surface area (Å²) in [5.74, 6) is -0.561. The fraction of sp³-hybridized carbons (Fsp3) is 0.721. The number of nitrogens with one attached hydrogen (secondary N) is 1. The largest absolute Gasteiger partial charge is 0.472 e. The van der Waals surface area contributed by atoms with Gasteiger partial charge in [0.1, 0.15) is 12.7 Å². The van der Waals surface area contributed by atoms with Gasteiger partial charge in [-0.3, -0.25) is 18.6 Å². The second kappa shape index (κ2) is 39.4. The molecule has 3 N–H and O–H groups in total. The van der Waals surface area contributed by atoms with Crippen LogP contribution >= 0.6 is 7.82 Å². The summed E-state index contributed by atoms with van der Waals surface area (Å²) in [5, 5.41) is 12.7. The van der Waals surface area contributed by atoms with E-state index in [4.69, 9.17) is 13.8 Å². The molecule has 0 fully saturated rings. The second-order valence-electron chi connectivity index (χ2n) is 13.6. The summed E-state index contributed by atoms with van der Waals surface area (Å²) in [6, 6.07) is 0. The van der Waals surface area contributed by atoms with Gasteiger partial charge in [-0.1, -0.05) is 132 Å². The van der Waals surface area contributed by atoms with Crippen molar-refractivity contribution in [3.05, 3.63) is 60.8 Å². The van der Waals surface area contributed by atoms with Gasteiger partial charge in [-0.25, -0.2) is 4.57 Å². The molecule has 2 unspecified atom stereocenters. The monoisotopic (exact) mass is 766 g/mol. The van der Waals surface area contributed by atoms with Crippen LogP contribution in [0.2, 0.25) is 0 Å². The van der Waals surface area contributed by atoms with Crippen molar-refractivity contribution in [2.45, 2.75) is 174 Å². The molecule has 53 heavy (non-hydrogen) atoms. The second-order valence-corrected chi connectivity index (χ2v) is 15.1. The first-order chi connectivity index (χ1) is 25.8. The Labute approximate surface area is 323 Å². The molecule has 10 heteroatoms. The maximum absolute atomic E-state index is 12.1. The molecule has 9 nitrogen and oxygen atoms in total. The Bertz CT molecular complexity index is 1050. The van der Waals surface area contributed by atoms with Crippen LogP contribution < -0.4 is 5.32 Å². The number of aliphatic hydroxyl groups excluding tert-OH is 1. The summed E-state index contributed by atoms with van der Waals surface area (Å²) in [6.07, 6.45) is 45.7. The maximum Gasteiger partial charge on any atom is 0.472 e. The van der Waals surface area contributed by atoms with Crippen LogP contribution in [-0.2, 0) is 27.9 Å². The lowest BCUT2D eigenvalue weighted by atomic mass is 10.1. The molecule has 0 radical (unpaired) electrons. The number of rotatable bonds is 38. The molecule has 1 amide bonds. The number of unbranched alkanes of at least 4 members (excludes halogenated alkanes) is 15. The number of allylic oxidation sites excluding steroid dienone is 10. The van der Waals surface area contributed by atoms with E-state index in [0.717, 1.165) is 70.6 Å². The molecule has 0 aliphatic carbocycles. The number of phosphoric acid groups is 1. The molecule has 0 saturated heterocycles. The molecule has 2 atom stereocenters. The van der Waals surface area contributed by atoms with Crippen LogP contribution in [0.3, 0.4) is 0 Å². The van der Waals surface area contributed by atoms with Gasteiger partial charge in [-0.15, -0.1) is 0 Å². The lowest BCUT2D eigenvalue weighted by Crippen LogP contribution is -2.27. The summed E-state index contributed by atoms with van der Waals surface area (Å²) in [6.45, 7) is 3.45. The van der Waals surface area contributed by atoms with Gasteiger partial charge >= 0.3 is 13.8 Å². The van der Waals surface area contributed by atoms with Crippen LogP contribution in [0, 0.1) is 0 Å². The molecule has 0 heterocycles. The molecule has 0 aromatic carbocycles. The number of hydrogen-bond donors (Lipinski definition) is 3. The molecular formula is C43H76NO8P. The Morgan fingerprint density at radius 2 is 1.02 bits per heavy atom. The molecule has 0 aliphatic heterocycles. The number of amides is 1. The zero-order valence-corrected chi connectivity index (χ0v) is 34.3.